The number of carbonyl (C=O) groups is 5. The van der Waals surface area contributed by atoms with Crippen molar-refractivity contribution in [1.82, 2.24) is 0 Å². The standard InChI is InChI=1S/C13H16O6/c14-3-1-12(17)9-5-10(13(18)2-4-15)7-11(6-9)19-8-16/h3-4,8-11H,1-2,5-7H2. The number of rotatable bonds is 8. The summed E-state index contributed by atoms with van der Waals surface area (Å²) in [6.45, 7) is 0.290. The normalized spacial score (nSPS) is 26.2. The smallest absolute Gasteiger partial charge is 0.293 e. The van der Waals surface area contributed by atoms with Gasteiger partial charge in [0.1, 0.15) is 30.2 Å². The van der Waals surface area contributed by atoms with Gasteiger partial charge in [0.05, 0.1) is 12.8 Å². The first-order valence-corrected chi connectivity index (χ1v) is 6.14. The molecule has 1 rings (SSSR count). The Morgan fingerprint density at radius 1 is 0.895 bits per heavy atom. The molecule has 19 heavy (non-hydrogen) atoms. The molecule has 1 saturated carbocycles. The second-order valence-corrected chi connectivity index (χ2v) is 4.63. The van der Waals surface area contributed by atoms with Crippen LogP contribution in [0.5, 0.6) is 0 Å². The van der Waals surface area contributed by atoms with Crippen molar-refractivity contribution in [3.8, 4) is 0 Å². The summed E-state index contributed by atoms with van der Waals surface area (Å²) >= 11 is 0. The monoisotopic (exact) mass is 268 g/mol. The zero-order valence-corrected chi connectivity index (χ0v) is 10.4. The molecule has 104 valence electrons. The Morgan fingerprint density at radius 2 is 1.37 bits per heavy atom. The molecule has 0 aliphatic heterocycles. The van der Waals surface area contributed by atoms with Crippen LogP contribution in [0.25, 0.3) is 0 Å². The number of hydrogen-bond donors (Lipinski definition) is 0. The fourth-order valence-electron chi connectivity index (χ4n) is 2.48. The molecule has 2 atom stereocenters. The predicted molar refractivity (Wildman–Crippen MR) is 63.1 cm³/mol. The molecular weight excluding hydrogens is 252 g/mol. The minimum Gasteiger partial charge on any atom is -0.465 e. The Hall–Kier alpha value is -1.85. The van der Waals surface area contributed by atoms with Crippen LogP contribution < -0.4 is 0 Å². The van der Waals surface area contributed by atoms with Crippen molar-refractivity contribution >= 4 is 30.6 Å². The molecule has 0 radical (unpaired) electrons. The van der Waals surface area contributed by atoms with Gasteiger partial charge < -0.3 is 14.3 Å². The van der Waals surface area contributed by atoms with Crippen LogP contribution >= 0.6 is 0 Å². The lowest BCUT2D eigenvalue weighted by Gasteiger charge is -2.32. The van der Waals surface area contributed by atoms with Gasteiger partial charge in [-0.25, -0.2) is 0 Å². The van der Waals surface area contributed by atoms with Gasteiger partial charge in [0.15, 0.2) is 0 Å². The fourth-order valence-corrected chi connectivity index (χ4v) is 2.48. The summed E-state index contributed by atoms with van der Waals surface area (Å²) in [6, 6.07) is 0. The van der Waals surface area contributed by atoms with Crippen LogP contribution in [0.1, 0.15) is 32.1 Å². The molecule has 0 aromatic rings. The van der Waals surface area contributed by atoms with Crippen molar-refractivity contribution in [2.45, 2.75) is 38.2 Å². The fraction of sp³-hybridized carbons (Fsp3) is 0.615. The lowest BCUT2D eigenvalue weighted by atomic mass is 9.75. The molecule has 2 unspecified atom stereocenters. The lowest BCUT2D eigenvalue weighted by molar-refractivity contribution is -0.143. The molecule has 0 aromatic carbocycles. The number of Topliss-reactive ketones (excluding diaryl/α,β-unsaturated/α-hetero) is 2. The Labute approximate surface area is 110 Å². The number of ether oxygens (including phenoxy) is 1. The van der Waals surface area contributed by atoms with Crippen molar-refractivity contribution < 1.29 is 28.7 Å². The third-order valence-electron chi connectivity index (χ3n) is 3.39. The molecule has 0 spiro atoms. The Balaban J connectivity index is 2.74. The van der Waals surface area contributed by atoms with Crippen LogP contribution in [0, 0.1) is 11.8 Å². The largest absolute Gasteiger partial charge is 0.465 e. The lowest BCUT2D eigenvalue weighted by Crippen LogP contribution is -2.35. The minimum absolute atomic E-state index is 0.201. The van der Waals surface area contributed by atoms with E-state index in [4.69, 9.17) is 4.74 Å². The van der Waals surface area contributed by atoms with E-state index in [1.165, 1.54) is 0 Å². The topological polar surface area (TPSA) is 94.6 Å². The molecule has 0 amide bonds. The second kappa shape index (κ2) is 7.56. The van der Waals surface area contributed by atoms with Crippen molar-refractivity contribution in [2.24, 2.45) is 11.8 Å². The van der Waals surface area contributed by atoms with Crippen LogP contribution in [0.4, 0.5) is 0 Å². The van der Waals surface area contributed by atoms with Gasteiger partial charge in [-0.1, -0.05) is 0 Å². The summed E-state index contributed by atoms with van der Waals surface area (Å²) in [7, 11) is 0. The Morgan fingerprint density at radius 3 is 1.74 bits per heavy atom. The first-order valence-electron chi connectivity index (χ1n) is 6.14. The summed E-state index contributed by atoms with van der Waals surface area (Å²) < 4.78 is 4.84. The maximum absolute atomic E-state index is 11.7. The van der Waals surface area contributed by atoms with Gasteiger partial charge in [0.2, 0.25) is 0 Å². The van der Waals surface area contributed by atoms with Gasteiger partial charge in [-0.15, -0.1) is 0 Å². The van der Waals surface area contributed by atoms with E-state index in [0.717, 1.165) is 0 Å². The van der Waals surface area contributed by atoms with Gasteiger partial charge in [-0.3, -0.25) is 14.4 Å². The highest BCUT2D eigenvalue weighted by Gasteiger charge is 2.36. The van der Waals surface area contributed by atoms with Crippen LogP contribution in [-0.4, -0.2) is 36.7 Å². The molecule has 0 saturated heterocycles. The molecule has 1 aliphatic rings. The van der Waals surface area contributed by atoms with Crippen molar-refractivity contribution in [2.75, 3.05) is 0 Å². The van der Waals surface area contributed by atoms with E-state index in [1.54, 1.807) is 0 Å². The Bertz CT molecular complexity index is 345. The van der Waals surface area contributed by atoms with E-state index in [0.29, 0.717) is 38.3 Å². The van der Waals surface area contributed by atoms with Crippen LogP contribution in [0.15, 0.2) is 0 Å². The molecule has 0 aromatic heterocycles. The SMILES string of the molecule is O=CCC(=O)C1CC(OC=O)CC(C(=O)CC=O)C1. The summed E-state index contributed by atoms with van der Waals surface area (Å²) in [6.07, 6.45) is 1.11. The third kappa shape index (κ3) is 4.39. The number of aldehydes is 2. The predicted octanol–water partition coefficient (Wildman–Crippen LogP) is 0.260. The van der Waals surface area contributed by atoms with Crippen molar-refractivity contribution in [1.29, 1.82) is 0 Å². The van der Waals surface area contributed by atoms with Gasteiger partial charge >= 0.3 is 0 Å². The first-order chi connectivity index (χ1) is 9.12. The van der Waals surface area contributed by atoms with E-state index in [1.807, 2.05) is 0 Å². The van der Waals surface area contributed by atoms with Crippen LogP contribution in [0.3, 0.4) is 0 Å². The zero-order chi connectivity index (χ0) is 14.3. The molecule has 6 nitrogen and oxygen atoms in total. The maximum atomic E-state index is 11.7. The number of hydrogen-bond acceptors (Lipinski definition) is 6. The molecule has 0 N–H and O–H groups in total. The minimum atomic E-state index is -0.507. The zero-order valence-electron chi connectivity index (χ0n) is 10.4. The van der Waals surface area contributed by atoms with Gasteiger partial charge in [-0.05, 0) is 19.3 Å². The van der Waals surface area contributed by atoms with Crippen LogP contribution in [-0.2, 0) is 28.7 Å². The highest BCUT2D eigenvalue weighted by atomic mass is 16.5. The van der Waals surface area contributed by atoms with Gasteiger partial charge in [0.25, 0.3) is 6.47 Å². The first kappa shape index (κ1) is 15.2. The van der Waals surface area contributed by atoms with Gasteiger partial charge in [-0.2, -0.15) is 0 Å². The summed E-state index contributed by atoms with van der Waals surface area (Å²) in [4.78, 5) is 54.5. The Kier molecular flexibility index (Phi) is 6.05. The quantitative estimate of drug-likeness (QED) is 0.463. The second-order valence-electron chi connectivity index (χ2n) is 4.63. The van der Waals surface area contributed by atoms with Crippen molar-refractivity contribution in [3.63, 3.8) is 0 Å². The van der Waals surface area contributed by atoms with E-state index >= 15 is 0 Å². The number of ketones is 2. The summed E-state index contributed by atoms with van der Waals surface area (Å²) in [5, 5.41) is 0. The molecular formula is C13H16O6. The molecule has 0 bridgehead atoms. The van der Waals surface area contributed by atoms with Gasteiger partial charge in [0, 0.05) is 11.8 Å². The summed E-state index contributed by atoms with van der Waals surface area (Å²) in [5.41, 5.74) is 0. The highest BCUT2D eigenvalue weighted by molar-refractivity contribution is 5.94. The van der Waals surface area contributed by atoms with Crippen molar-refractivity contribution in [3.05, 3.63) is 0 Å². The van der Waals surface area contributed by atoms with E-state index < -0.39 is 17.9 Å². The average Bonchev–Trinajstić information content (AvgIpc) is 2.39. The highest BCUT2D eigenvalue weighted by Crippen LogP contribution is 2.33. The maximum Gasteiger partial charge on any atom is 0.293 e. The van der Waals surface area contributed by atoms with E-state index in [2.05, 4.69) is 0 Å². The number of carbonyl (C=O) groups excluding carboxylic acids is 5. The average molecular weight is 268 g/mol. The van der Waals surface area contributed by atoms with E-state index in [9.17, 15) is 24.0 Å². The molecule has 1 fully saturated rings. The van der Waals surface area contributed by atoms with E-state index in [-0.39, 0.29) is 24.4 Å². The molecule has 6 heteroatoms. The third-order valence-corrected chi connectivity index (χ3v) is 3.39. The van der Waals surface area contributed by atoms with Crippen LogP contribution in [0.2, 0.25) is 0 Å². The summed E-state index contributed by atoms with van der Waals surface area (Å²) in [5.74, 6) is -1.44. The molecule has 1 aliphatic carbocycles. The molecule has 0 heterocycles.